The number of benzene rings is 2. The van der Waals surface area contributed by atoms with Gasteiger partial charge in [-0.3, -0.25) is 4.79 Å². The molecule has 0 atom stereocenters. The third-order valence-electron chi connectivity index (χ3n) is 3.89. The van der Waals surface area contributed by atoms with Crippen molar-refractivity contribution in [2.24, 2.45) is 0 Å². The molecule has 8 heteroatoms. The molecule has 0 saturated carbocycles. The van der Waals surface area contributed by atoms with Crippen LogP contribution in [0.5, 0.6) is 17.2 Å². The van der Waals surface area contributed by atoms with E-state index in [-0.39, 0.29) is 5.91 Å². The summed E-state index contributed by atoms with van der Waals surface area (Å²) in [6.45, 7) is 2.34. The summed E-state index contributed by atoms with van der Waals surface area (Å²) in [7, 11) is 3.01. The standard InChI is InChI=1S/C20H19ClN2O4S/c1-12-22-14(11-28-12)10-27-15-6-4-13(5-7-15)20(24)23-17-9-18(25-2)16(21)8-19(17)26-3/h4-9,11H,10H2,1-3H3,(H,23,24). The predicted molar refractivity (Wildman–Crippen MR) is 110 cm³/mol. The molecule has 0 fully saturated rings. The van der Waals surface area contributed by atoms with Crippen LogP contribution in [0.4, 0.5) is 5.69 Å². The second kappa shape index (κ2) is 8.95. The Hall–Kier alpha value is -2.77. The minimum atomic E-state index is -0.288. The zero-order valence-corrected chi connectivity index (χ0v) is 17.2. The first-order chi connectivity index (χ1) is 13.5. The summed E-state index contributed by atoms with van der Waals surface area (Å²) in [5.74, 6) is 1.26. The van der Waals surface area contributed by atoms with Gasteiger partial charge in [-0.25, -0.2) is 4.98 Å². The van der Waals surface area contributed by atoms with Gasteiger partial charge in [-0.2, -0.15) is 0 Å². The molecule has 0 spiro atoms. The van der Waals surface area contributed by atoms with Gasteiger partial charge >= 0.3 is 0 Å². The molecule has 0 radical (unpaired) electrons. The van der Waals surface area contributed by atoms with Crippen molar-refractivity contribution in [1.29, 1.82) is 0 Å². The molecule has 1 amide bonds. The SMILES string of the molecule is COc1cc(NC(=O)c2ccc(OCc3csc(C)n3)cc2)c(OC)cc1Cl. The Bertz CT molecular complexity index is 973. The number of methoxy groups -OCH3 is 2. The van der Waals surface area contributed by atoms with Crippen LogP contribution in [-0.2, 0) is 6.61 Å². The molecule has 1 N–H and O–H groups in total. The number of amides is 1. The molecular weight excluding hydrogens is 400 g/mol. The minimum Gasteiger partial charge on any atom is -0.495 e. The topological polar surface area (TPSA) is 69.7 Å². The molecule has 0 saturated heterocycles. The van der Waals surface area contributed by atoms with E-state index in [1.54, 1.807) is 47.7 Å². The summed E-state index contributed by atoms with van der Waals surface area (Å²) < 4.78 is 16.2. The minimum absolute atomic E-state index is 0.288. The van der Waals surface area contributed by atoms with Gasteiger partial charge < -0.3 is 19.5 Å². The van der Waals surface area contributed by atoms with Gasteiger partial charge in [-0.05, 0) is 31.2 Å². The number of carbonyl (C=O) groups is 1. The average molecular weight is 419 g/mol. The first-order valence-corrected chi connectivity index (χ1v) is 9.62. The van der Waals surface area contributed by atoms with Crippen molar-refractivity contribution in [2.75, 3.05) is 19.5 Å². The quantitative estimate of drug-likeness (QED) is 0.587. The second-order valence-electron chi connectivity index (χ2n) is 5.81. The second-order valence-corrected chi connectivity index (χ2v) is 7.28. The predicted octanol–water partition coefficient (Wildman–Crippen LogP) is 4.95. The molecule has 6 nitrogen and oxygen atoms in total. The lowest BCUT2D eigenvalue weighted by Crippen LogP contribution is -2.12. The third-order valence-corrected chi connectivity index (χ3v) is 5.01. The fourth-order valence-corrected chi connectivity index (χ4v) is 3.32. The summed E-state index contributed by atoms with van der Waals surface area (Å²) in [5, 5.41) is 6.17. The number of aryl methyl sites for hydroxylation is 1. The van der Waals surface area contributed by atoms with Crippen molar-refractivity contribution in [3.8, 4) is 17.2 Å². The zero-order chi connectivity index (χ0) is 20.1. The maximum absolute atomic E-state index is 12.6. The van der Waals surface area contributed by atoms with Gasteiger partial charge in [-0.15, -0.1) is 11.3 Å². The molecule has 3 aromatic rings. The van der Waals surface area contributed by atoms with Gasteiger partial charge in [0.05, 0.1) is 35.6 Å². The summed E-state index contributed by atoms with van der Waals surface area (Å²) in [6, 6.07) is 10.1. The number of halogens is 1. The average Bonchev–Trinajstić information content (AvgIpc) is 3.12. The largest absolute Gasteiger partial charge is 0.495 e. The van der Waals surface area contributed by atoms with Crippen LogP contribution in [0.3, 0.4) is 0 Å². The lowest BCUT2D eigenvalue weighted by atomic mass is 10.2. The van der Waals surface area contributed by atoms with E-state index in [0.717, 1.165) is 10.7 Å². The fourth-order valence-electron chi connectivity index (χ4n) is 2.49. The van der Waals surface area contributed by atoms with Crippen LogP contribution in [-0.4, -0.2) is 25.1 Å². The van der Waals surface area contributed by atoms with E-state index in [4.69, 9.17) is 25.8 Å². The van der Waals surface area contributed by atoms with Crippen molar-refractivity contribution < 1.29 is 19.0 Å². The number of carbonyl (C=O) groups excluding carboxylic acids is 1. The molecule has 2 aromatic carbocycles. The highest BCUT2D eigenvalue weighted by Crippen LogP contribution is 2.36. The molecule has 146 valence electrons. The van der Waals surface area contributed by atoms with E-state index in [2.05, 4.69) is 10.3 Å². The first-order valence-electron chi connectivity index (χ1n) is 8.37. The Balaban J connectivity index is 1.68. The van der Waals surface area contributed by atoms with Crippen LogP contribution < -0.4 is 19.5 Å². The van der Waals surface area contributed by atoms with Crippen molar-refractivity contribution in [3.05, 3.63) is 63.1 Å². The summed E-state index contributed by atoms with van der Waals surface area (Å²) in [5.41, 5.74) is 1.83. The van der Waals surface area contributed by atoms with E-state index < -0.39 is 0 Å². The molecule has 0 aliphatic heterocycles. The zero-order valence-electron chi connectivity index (χ0n) is 15.6. The number of rotatable bonds is 7. The number of nitrogens with one attached hydrogen (secondary N) is 1. The summed E-state index contributed by atoms with van der Waals surface area (Å²) in [4.78, 5) is 16.9. The van der Waals surface area contributed by atoms with Crippen LogP contribution in [0.15, 0.2) is 41.8 Å². The Labute approximate surface area is 172 Å². The van der Waals surface area contributed by atoms with Crippen molar-refractivity contribution in [1.82, 2.24) is 4.98 Å². The van der Waals surface area contributed by atoms with Crippen LogP contribution in [0.1, 0.15) is 21.1 Å². The van der Waals surface area contributed by atoms with Crippen LogP contribution in [0.25, 0.3) is 0 Å². The fraction of sp³-hybridized carbons (Fsp3) is 0.200. The van der Waals surface area contributed by atoms with Gasteiger partial charge in [0.15, 0.2) is 0 Å². The number of nitrogens with zero attached hydrogens (tertiary/aromatic N) is 1. The Kier molecular flexibility index (Phi) is 6.38. The van der Waals surface area contributed by atoms with Gasteiger partial charge in [0.25, 0.3) is 5.91 Å². The van der Waals surface area contributed by atoms with Crippen molar-refractivity contribution in [3.63, 3.8) is 0 Å². The normalized spacial score (nSPS) is 10.4. The van der Waals surface area contributed by atoms with Crippen molar-refractivity contribution >= 4 is 34.5 Å². The molecule has 1 aromatic heterocycles. The molecule has 28 heavy (non-hydrogen) atoms. The Morgan fingerprint density at radius 1 is 1.14 bits per heavy atom. The van der Waals surface area contributed by atoms with Gasteiger partial charge in [0.2, 0.25) is 0 Å². The van der Waals surface area contributed by atoms with Crippen LogP contribution in [0, 0.1) is 6.92 Å². The van der Waals surface area contributed by atoms with E-state index in [0.29, 0.717) is 40.1 Å². The van der Waals surface area contributed by atoms with Crippen molar-refractivity contribution in [2.45, 2.75) is 13.5 Å². The number of aromatic nitrogens is 1. The van der Waals surface area contributed by atoms with E-state index in [1.165, 1.54) is 14.2 Å². The maximum atomic E-state index is 12.6. The van der Waals surface area contributed by atoms with E-state index in [1.807, 2.05) is 12.3 Å². The van der Waals surface area contributed by atoms with Gasteiger partial charge in [0, 0.05) is 23.1 Å². The smallest absolute Gasteiger partial charge is 0.255 e. The number of anilines is 1. The highest BCUT2D eigenvalue weighted by atomic mass is 35.5. The molecule has 3 rings (SSSR count). The lowest BCUT2D eigenvalue weighted by molar-refractivity contribution is 0.102. The summed E-state index contributed by atoms with van der Waals surface area (Å²) >= 11 is 7.67. The number of hydrogen-bond donors (Lipinski definition) is 1. The molecule has 0 aliphatic carbocycles. The van der Waals surface area contributed by atoms with E-state index in [9.17, 15) is 4.79 Å². The molecule has 0 unspecified atom stereocenters. The molecular formula is C20H19ClN2O4S. The van der Waals surface area contributed by atoms with Gasteiger partial charge in [0.1, 0.15) is 23.9 Å². The monoisotopic (exact) mass is 418 g/mol. The van der Waals surface area contributed by atoms with Crippen LogP contribution >= 0.6 is 22.9 Å². The Morgan fingerprint density at radius 2 is 1.86 bits per heavy atom. The maximum Gasteiger partial charge on any atom is 0.255 e. The van der Waals surface area contributed by atoms with Crippen LogP contribution in [0.2, 0.25) is 5.02 Å². The number of hydrogen-bond acceptors (Lipinski definition) is 6. The Morgan fingerprint density at radius 3 is 2.46 bits per heavy atom. The highest BCUT2D eigenvalue weighted by Gasteiger charge is 2.14. The molecule has 0 bridgehead atoms. The molecule has 0 aliphatic rings. The summed E-state index contributed by atoms with van der Waals surface area (Å²) in [6.07, 6.45) is 0. The first kappa shape index (κ1) is 20.0. The third kappa shape index (κ3) is 4.74. The highest BCUT2D eigenvalue weighted by molar-refractivity contribution is 7.09. The molecule has 1 heterocycles. The number of ether oxygens (including phenoxy) is 3. The lowest BCUT2D eigenvalue weighted by Gasteiger charge is -2.13. The number of thiazole rings is 1. The van der Waals surface area contributed by atoms with Gasteiger partial charge in [-0.1, -0.05) is 11.6 Å². The van der Waals surface area contributed by atoms with E-state index >= 15 is 0 Å².